The Morgan fingerprint density at radius 3 is 2.61 bits per heavy atom. The second-order valence-electron chi connectivity index (χ2n) is 9.52. The van der Waals surface area contributed by atoms with Crippen LogP contribution in [-0.2, 0) is 22.5 Å². The minimum atomic E-state index is -0.160. The van der Waals surface area contributed by atoms with Gasteiger partial charge in [-0.2, -0.15) is 0 Å². The predicted octanol–water partition coefficient (Wildman–Crippen LogP) is 5.49. The van der Waals surface area contributed by atoms with Crippen LogP contribution in [0.1, 0.15) is 47.7 Å². The Kier molecular flexibility index (Phi) is 7.44. The van der Waals surface area contributed by atoms with Crippen molar-refractivity contribution in [1.82, 2.24) is 4.90 Å². The first-order valence-corrected chi connectivity index (χ1v) is 12.8. The molecule has 0 atom stereocenters. The third-order valence-electron chi connectivity index (χ3n) is 7.20. The lowest BCUT2D eigenvalue weighted by molar-refractivity contribution is -0.116. The first-order chi connectivity index (χ1) is 17.6. The number of anilines is 2. The smallest absolute Gasteiger partial charge is 0.255 e. The summed E-state index contributed by atoms with van der Waals surface area (Å²) in [7, 11) is 0. The summed E-state index contributed by atoms with van der Waals surface area (Å²) >= 11 is 0. The molecule has 2 aliphatic heterocycles. The average Bonchev–Trinajstić information content (AvgIpc) is 2.92. The first-order valence-electron chi connectivity index (χ1n) is 12.8. The van der Waals surface area contributed by atoms with Gasteiger partial charge in [-0.05, 0) is 72.3 Å². The van der Waals surface area contributed by atoms with Gasteiger partial charge in [0, 0.05) is 49.2 Å². The highest BCUT2D eigenvalue weighted by Crippen LogP contribution is 2.29. The zero-order chi connectivity index (χ0) is 24.9. The highest BCUT2D eigenvalue weighted by molar-refractivity contribution is 6.05. The molecule has 2 amide bonds. The van der Waals surface area contributed by atoms with E-state index in [0.717, 1.165) is 73.5 Å². The highest BCUT2D eigenvalue weighted by atomic mass is 16.5. The summed E-state index contributed by atoms with van der Waals surface area (Å²) in [4.78, 5) is 27.6. The molecule has 6 heteroatoms. The van der Waals surface area contributed by atoms with Gasteiger partial charge in [0.05, 0.1) is 0 Å². The van der Waals surface area contributed by atoms with E-state index in [1.807, 2.05) is 48.5 Å². The lowest BCUT2D eigenvalue weighted by Gasteiger charge is -2.34. The van der Waals surface area contributed by atoms with E-state index in [0.29, 0.717) is 23.7 Å². The van der Waals surface area contributed by atoms with Gasteiger partial charge >= 0.3 is 0 Å². The number of fused-ring (bicyclic) bond motifs is 1. The van der Waals surface area contributed by atoms with Gasteiger partial charge in [-0.3, -0.25) is 14.5 Å². The standard InChI is InChI=1S/C30H33N3O3/c1-2-33(26-14-16-36-17-15-26)20-24-18-23(9-12-27(24)21-6-4-3-5-7-21)30(35)31-25-11-8-22-10-13-29(34)32-28(22)19-25/h3-9,11-12,18-19,26H,2,10,13-17,20H2,1H3,(H,31,35)(H,32,34). The monoisotopic (exact) mass is 483 g/mol. The number of rotatable bonds is 7. The molecule has 2 heterocycles. The van der Waals surface area contributed by atoms with Crippen LogP contribution in [0.5, 0.6) is 0 Å². The number of nitrogens with zero attached hydrogens (tertiary/aromatic N) is 1. The zero-order valence-electron chi connectivity index (χ0n) is 20.8. The van der Waals surface area contributed by atoms with Crippen molar-refractivity contribution in [3.05, 3.63) is 83.4 Å². The van der Waals surface area contributed by atoms with E-state index in [1.54, 1.807) is 0 Å². The average molecular weight is 484 g/mol. The zero-order valence-corrected chi connectivity index (χ0v) is 20.8. The molecule has 0 unspecified atom stereocenters. The van der Waals surface area contributed by atoms with E-state index in [1.165, 1.54) is 0 Å². The molecular formula is C30H33N3O3. The summed E-state index contributed by atoms with van der Waals surface area (Å²) < 4.78 is 5.58. The van der Waals surface area contributed by atoms with Gasteiger partial charge in [-0.1, -0.05) is 49.4 Å². The van der Waals surface area contributed by atoms with Crippen LogP contribution in [0.15, 0.2) is 66.7 Å². The van der Waals surface area contributed by atoms with Crippen LogP contribution in [0.2, 0.25) is 0 Å². The van der Waals surface area contributed by atoms with Crippen molar-refractivity contribution < 1.29 is 14.3 Å². The van der Waals surface area contributed by atoms with E-state index in [2.05, 4.69) is 40.7 Å². The summed E-state index contributed by atoms with van der Waals surface area (Å²) in [6.45, 7) is 5.52. The Hall–Kier alpha value is -3.48. The summed E-state index contributed by atoms with van der Waals surface area (Å²) in [6, 6.07) is 22.5. The summed E-state index contributed by atoms with van der Waals surface area (Å²) in [5.41, 5.74) is 6.59. The minimum Gasteiger partial charge on any atom is -0.381 e. The highest BCUT2D eigenvalue weighted by Gasteiger charge is 2.22. The Bertz CT molecular complexity index is 1240. The van der Waals surface area contributed by atoms with Crippen LogP contribution < -0.4 is 10.6 Å². The molecule has 2 N–H and O–H groups in total. The Morgan fingerprint density at radius 1 is 1.03 bits per heavy atom. The number of carbonyl (C=O) groups is 2. The third kappa shape index (κ3) is 5.50. The number of aryl methyl sites for hydroxylation is 1. The van der Waals surface area contributed by atoms with Crippen LogP contribution in [-0.4, -0.2) is 42.5 Å². The Morgan fingerprint density at radius 2 is 1.83 bits per heavy atom. The van der Waals surface area contributed by atoms with Crippen LogP contribution in [0.3, 0.4) is 0 Å². The molecule has 2 aliphatic rings. The van der Waals surface area contributed by atoms with Gasteiger partial charge in [0.25, 0.3) is 5.91 Å². The SMILES string of the molecule is CCN(Cc1cc(C(=O)Nc2ccc3c(c2)NC(=O)CC3)ccc1-c1ccccc1)C1CCOCC1. The molecule has 0 aliphatic carbocycles. The number of ether oxygens (including phenoxy) is 1. The molecule has 0 radical (unpaired) electrons. The van der Waals surface area contributed by atoms with E-state index in [9.17, 15) is 9.59 Å². The molecule has 3 aromatic carbocycles. The molecule has 0 bridgehead atoms. The van der Waals surface area contributed by atoms with Crippen molar-refractivity contribution in [1.29, 1.82) is 0 Å². The maximum absolute atomic E-state index is 13.3. The quantitative estimate of drug-likeness (QED) is 0.466. The van der Waals surface area contributed by atoms with Crippen molar-refractivity contribution in [2.45, 2.75) is 45.2 Å². The predicted molar refractivity (Wildman–Crippen MR) is 143 cm³/mol. The van der Waals surface area contributed by atoms with Gasteiger partial charge in [-0.25, -0.2) is 0 Å². The fourth-order valence-corrected chi connectivity index (χ4v) is 5.19. The van der Waals surface area contributed by atoms with Gasteiger partial charge in [0.2, 0.25) is 5.91 Å². The summed E-state index contributed by atoms with van der Waals surface area (Å²) in [5.74, 6) is -0.149. The second-order valence-corrected chi connectivity index (χ2v) is 9.52. The van der Waals surface area contributed by atoms with Crippen LogP contribution >= 0.6 is 0 Å². The molecule has 1 saturated heterocycles. The van der Waals surface area contributed by atoms with E-state index in [4.69, 9.17) is 4.74 Å². The van der Waals surface area contributed by atoms with E-state index >= 15 is 0 Å². The number of nitrogens with one attached hydrogen (secondary N) is 2. The topological polar surface area (TPSA) is 70.7 Å². The Balaban J connectivity index is 1.41. The second kappa shape index (κ2) is 11.1. The molecule has 0 saturated carbocycles. The molecule has 36 heavy (non-hydrogen) atoms. The van der Waals surface area contributed by atoms with Gasteiger partial charge < -0.3 is 15.4 Å². The normalized spacial score (nSPS) is 15.9. The van der Waals surface area contributed by atoms with Crippen molar-refractivity contribution in [3.63, 3.8) is 0 Å². The molecule has 0 spiro atoms. The fraction of sp³-hybridized carbons (Fsp3) is 0.333. The molecule has 3 aromatic rings. The van der Waals surface area contributed by atoms with Crippen molar-refractivity contribution in [2.75, 3.05) is 30.4 Å². The molecular weight excluding hydrogens is 450 g/mol. The Labute approximate surface area is 212 Å². The molecule has 186 valence electrons. The van der Waals surface area contributed by atoms with Crippen molar-refractivity contribution >= 4 is 23.2 Å². The van der Waals surface area contributed by atoms with Crippen LogP contribution in [0.4, 0.5) is 11.4 Å². The van der Waals surface area contributed by atoms with Crippen LogP contribution in [0, 0.1) is 0 Å². The van der Waals surface area contributed by atoms with E-state index < -0.39 is 0 Å². The fourth-order valence-electron chi connectivity index (χ4n) is 5.19. The minimum absolute atomic E-state index is 0.0112. The van der Waals surface area contributed by atoms with Crippen LogP contribution in [0.25, 0.3) is 11.1 Å². The summed E-state index contributed by atoms with van der Waals surface area (Å²) in [6.07, 6.45) is 3.28. The maximum atomic E-state index is 13.3. The van der Waals surface area contributed by atoms with Crippen molar-refractivity contribution in [3.8, 4) is 11.1 Å². The van der Waals surface area contributed by atoms with Gasteiger partial charge in [-0.15, -0.1) is 0 Å². The number of hydrogen-bond acceptors (Lipinski definition) is 4. The third-order valence-corrected chi connectivity index (χ3v) is 7.20. The lowest BCUT2D eigenvalue weighted by atomic mass is 9.95. The number of benzene rings is 3. The molecule has 1 fully saturated rings. The summed E-state index contributed by atoms with van der Waals surface area (Å²) in [5, 5.41) is 5.92. The number of amides is 2. The number of carbonyl (C=O) groups excluding carboxylic acids is 2. The molecule has 5 rings (SSSR count). The lowest BCUT2D eigenvalue weighted by Crippen LogP contribution is -2.39. The van der Waals surface area contributed by atoms with Crippen molar-refractivity contribution in [2.24, 2.45) is 0 Å². The largest absolute Gasteiger partial charge is 0.381 e. The van der Waals surface area contributed by atoms with E-state index in [-0.39, 0.29) is 11.8 Å². The molecule has 6 nitrogen and oxygen atoms in total. The number of hydrogen-bond donors (Lipinski definition) is 2. The molecule has 0 aromatic heterocycles. The van der Waals surface area contributed by atoms with Gasteiger partial charge in [0.15, 0.2) is 0 Å². The maximum Gasteiger partial charge on any atom is 0.255 e. The van der Waals surface area contributed by atoms with Gasteiger partial charge in [0.1, 0.15) is 0 Å². The first kappa shape index (κ1) is 24.2.